The van der Waals surface area contributed by atoms with E-state index in [4.69, 9.17) is 4.74 Å². The van der Waals surface area contributed by atoms with Crippen LogP contribution in [0.25, 0.3) is 0 Å². The maximum absolute atomic E-state index is 5.42. The Balaban J connectivity index is 2.58. The first-order chi connectivity index (χ1) is 8.33. The molecule has 0 aromatic heterocycles. The van der Waals surface area contributed by atoms with Gasteiger partial charge in [-0.2, -0.15) is 0 Å². The molecule has 0 aromatic rings. The predicted molar refractivity (Wildman–Crippen MR) is 78.0 cm³/mol. The topological polar surface area (TPSA) is 24.5 Å². The molecule has 1 saturated heterocycles. The molecule has 0 spiro atoms. The number of ether oxygens (including phenoxy) is 1. The Morgan fingerprint density at radius 1 is 1.28 bits per heavy atom. The van der Waals surface area contributed by atoms with Gasteiger partial charge in [0.1, 0.15) is 0 Å². The fraction of sp³-hybridized carbons (Fsp3) is 1.00. The second-order valence-corrected chi connectivity index (χ2v) is 6.97. The van der Waals surface area contributed by atoms with Crippen LogP contribution >= 0.6 is 0 Å². The van der Waals surface area contributed by atoms with Gasteiger partial charge in [-0.25, -0.2) is 0 Å². The molecule has 0 aliphatic carbocycles. The van der Waals surface area contributed by atoms with E-state index >= 15 is 0 Å². The third-order valence-electron chi connectivity index (χ3n) is 3.86. The Hall–Kier alpha value is -0.120. The lowest BCUT2D eigenvalue weighted by molar-refractivity contribution is 0.0279. The second kappa shape index (κ2) is 6.88. The minimum absolute atomic E-state index is 0.177. The van der Waals surface area contributed by atoms with Crippen LogP contribution < -0.4 is 5.32 Å². The zero-order valence-electron chi connectivity index (χ0n) is 13.1. The highest BCUT2D eigenvalue weighted by Crippen LogP contribution is 2.23. The summed E-state index contributed by atoms with van der Waals surface area (Å²) in [6.07, 6.45) is 2.68. The predicted octanol–water partition coefficient (Wildman–Crippen LogP) is 2.51. The largest absolute Gasteiger partial charge is 0.383 e. The lowest BCUT2D eigenvalue weighted by Crippen LogP contribution is -2.55. The van der Waals surface area contributed by atoms with Gasteiger partial charge >= 0.3 is 0 Å². The van der Waals surface area contributed by atoms with E-state index in [-0.39, 0.29) is 5.54 Å². The molecule has 3 unspecified atom stereocenters. The van der Waals surface area contributed by atoms with Crippen LogP contribution in [-0.2, 0) is 4.74 Å². The zero-order valence-corrected chi connectivity index (χ0v) is 13.1. The molecule has 18 heavy (non-hydrogen) atoms. The van der Waals surface area contributed by atoms with Gasteiger partial charge in [-0.1, -0.05) is 6.92 Å². The van der Waals surface area contributed by atoms with Crippen molar-refractivity contribution in [1.82, 2.24) is 10.2 Å². The van der Waals surface area contributed by atoms with Crippen molar-refractivity contribution in [3.8, 4) is 0 Å². The third kappa shape index (κ3) is 5.25. The quantitative estimate of drug-likeness (QED) is 0.818. The number of hydrogen-bond donors (Lipinski definition) is 1. The minimum atomic E-state index is 0.177. The molecule has 0 saturated carbocycles. The molecule has 1 aliphatic heterocycles. The molecule has 1 heterocycles. The van der Waals surface area contributed by atoms with E-state index in [1.165, 1.54) is 19.4 Å². The van der Waals surface area contributed by atoms with E-state index < -0.39 is 0 Å². The molecule has 1 rings (SSSR count). The minimum Gasteiger partial charge on any atom is -0.383 e. The summed E-state index contributed by atoms with van der Waals surface area (Å²) in [5.74, 6) is 0.815. The number of hydrogen-bond acceptors (Lipinski definition) is 3. The summed E-state index contributed by atoms with van der Waals surface area (Å²) < 4.78 is 5.42. The summed E-state index contributed by atoms with van der Waals surface area (Å²) in [5.41, 5.74) is 0.177. The molecule has 0 amide bonds. The number of piperidine rings is 1. The highest BCUT2D eigenvalue weighted by Gasteiger charge is 2.29. The van der Waals surface area contributed by atoms with E-state index in [1.807, 2.05) is 7.11 Å². The molecule has 1 aliphatic rings. The molecule has 1 N–H and O–H groups in total. The number of methoxy groups -OCH3 is 1. The van der Waals surface area contributed by atoms with Crippen molar-refractivity contribution in [3.63, 3.8) is 0 Å². The van der Waals surface area contributed by atoms with E-state index in [1.54, 1.807) is 0 Å². The zero-order chi connectivity index (χ0) is 13.8. The monoisotopic (exact) mass is 256 g/mol. The average molecular weight is 256 g/mol. The van der Waals surface area contributed by atoms with E-state index in [0.717, 1.165) is 19.1 Å². The number of nitrogens with zero attached hydrogens (tertiary/aromatic N) is 1. The first-order valence-electron chi connectivity index (χ1n) is 7.33. The molecule has 3 heteroatoms. The first-order valence-corrected chi connectivity index (χ1v) is 7.33. The highest BCUT2D eigenvalue weighted by atomic mass is 16.5. The summed E-state index contributed by atoms with van der Waals surface area (Å²) in [5, 5.41) is 3.62. The lowest BCUT2D eigenvalue weighted by Gasteiger charge is -2.42. The smallest absolute Gasteiger partial charge is 0.0630 e. The maximum atomic E-state index is 5.42. The maximum Gasteiger partial charge on any atom is 0.0630 e. The van der Waals surface area contributed by atoms with Gasteiger partial charge in [-0.05, 0) is 46.5 Å². The summed E-state index contributed by atoms with van der Waals surface area (Å²) in [6.45, 7) is 14.4. The highest BCUT2D eigenvalue weighted by molar-refractivity contribution is 4.85. The van der Waals surface area contributed by atoms with Crippen LogP contribution in [0, 0.1) is 5.92 Å². The molecule has 3 atom stereocenters. The van der Waals surface area contributed by atoms with Crippen LogP contribution in [0.3, 0.4) is 0 Å². The number of nitrogens with one attached hydrogen (secondary N) is 1. The van der Waals surface area contributed by atoms with Gasteiger partial charge in [0.25, 0.3) is 0 Å². The average Bonchev–Trinajstić information content (AvgIpc) is 2.26. The van der Waals surface area contributed by atoms with Gasteiger partial charge < -0.3 is 10.1 Å². The van der Waals surface area contributed by atoms with Crippen molar-refractivity contribution in [2.75, 3.05) is 26.8 Å². The Morgan fingerprint density at radius 3 is 2.50 bits per heavy atom. The van der Waals surface area contributed by atoms with Crippen LogP contribution in [0.4, 0.5) is 0 Å². The Bertz CT molecular complexity index is 237. The molecule has 0 bridgehead atoms. The molecule has 0 radical (unpaired) electrons. The Morgan fingerprint density at radius 2 is 1.94 bits per heavy atom. The van der Waals surface area contributed by atoms with Crippen LogP contribution in [0.15, 0.2) is 0 Å². The SMILES string of the molecule is COCC(CNC(C)(C)C)N1CC(C)CCC1C. The number of likely N-dealkylation sites (tertiary alicyclic amines) is 1. The van der Waals surface area contributed by atoms with Crippen LogP contribution in [-0.4, -0.2) is 49.3 Å². The van der Waals surface area contributed by atoms with Gasteiger partial charge in [-0.15, -0.1) is 0 Å². The van der Waals surface area contributed by atoms with Crippen LogP contribution in [0.2, 0.25) is 0 Å². The third-order valence-corrected chi connectivity index (χ3v) is 3.86. The van der Waals surface area contributed by atoms with Crippen molar-refractivity contribution in [1.29, 1.82) is 0 Å². The van der Waals surface area contributed by atoms with Crippen molar-refractivity contribution in [3.05, 3.63) is 0 Å². The molecule has 0 aromatic carbocycles. The molecule has 108 valence electrons. The van der Waals surface area contributed by atoms with Gasteiger partial charge in [0.05, 0.1) is 6.61 Å². The van der Waals surface area contributed by atoms with Gasteiger partial charge in [0, 0.05) is 37.8 Å². The first kappa shape index (κ1) is 15.9. The standard InChI is InChI=1S/C15H32N2O/c1-12-7-8-13(2)17(10-12)14(11-18-6)9-16-15(3,4)5/h12-14,16H,7-11H2,1-6H3. The van der Waals surface area contributed by atoms with Gasteiger partial charge in [0.2, 0.25) is 0 Å². The molecule has 1 fully saturated rings. The summed E-state index contributed by atoms with van der Waals surface area (Å²) in [7, 11) is 1.81. The summed E-state index contributed by atoms with van der Waals surface area (Å²) in [6, 6.07) is 1.18. The lowest BCUT2D eigenvalue weighted by atomic mass is 9.93. The van der Waals surface area contributed by atoms with Crippen molar-refractivity contribution in [2.24, 2.45) is 5.92 Å². The Kier molecular flexibility index (Phi) is 6.09. The van der Waals surface area contributed by atoms with Crippen LogP contribution in [0.5, 0.6) is 0 Å². The summed E-state index contributed by atoms with van der Waals surface area (Å²) in [4.78, 5) is 2.64. The van der Waals surface area contributed by atoms with Crippen molar-refractivity contribution < 1.29 is 4.74 Å². The van der Waals surface area contributed by atoms with E-state index in [9.17, 15) is 0 Å². The number of rotatable bonds is 5. The molecular formula is C15H32N2O. The summed E-state index contributed by atoms with van der Waals surface area (Å²) >= 11 is 0. The molecule has 3 nitrogen and oxygen atoms in total. The second-order valence-electron chi connectivity index (χ2n) is 6.97. The van der Waals surface area contributed by atoms with Crippen LogP contribution in [0.1, 0.15) is 47.5 Å². The molecular weight excluding hydrogens is 224 g/mol. The normalized spacial score (nSPS) is 28.3. The van der Waals surface area contributed by atoms with Crippen molar-refractivity contribution in [2.45, 2.75) is 65.1 Å². The van der Waals surface area contributed by atoms with Gasteiger partial charge in [-0.3, -0.25) is 4.90 Å². The van der Waals surface area contributed by atoms with E-state index in [0.29, 0.717) is 12.1 Å². The van der Waals surface area contributed by atoms with Crippen molar-refractivity contribution >= 4 is 0 Å². The fourth-order valence-electron chi connectivity index (χ4n) is 2.72. The van der Waals surface area contributed by atoms with Gasteiger partial charge in [0.15, 0.2) is 0 Å². The fourth-order valence-corrected chi connectivity index (χ4v) is 2.72. The van der Waals surface area contributed by atoms with E-state index in [2.05, 4.69) is 44.8 Å². The Labute approximate surface area is 113 Å².